The van der Waals surface area contributed by atoms with Crippen molar-refractivity contribution in [2.75, 3.05) is 18.0 Å². The van der Waals surface area contributed by atoms with Gasteiger partial charge in [-0.3, -0.25) is 0 Å². The molecule has 0 aliphatic carbocycles. The number of benzene rings is 1. The molecule has 1 aliphatic heterocycles. The van der Waals surface area contributed by atoms with E-state index in [0.717, 1.165) is 0 Å². The first-order chi connectivity index (χ1) is 6.68. The van der Waals surface area contributed by atoms with E-state index in [4.69, 9.17) is 5.11 Å². The van der Waals surface area contributed by atoms with Crippen molar-refractivity contribution in [1.82, 2.24) is 0 Å². The SMILES string of the molecule is O=C(O)c1ccccc1N1CC(F)C1. The second-order valence-electron chi connectivity index (χ2n) is 3.32. The molecule has 4 heteroatoms. The molecule has 0 radical (unpaired) electrons. The van der Waals surface area contributed by atoms with Gasteiger partial charge in [0.2, 0.25) is 0 Å². The lowest BCUT2D eigenvalue weighted by molar-refractivity contribution is 0.0697. The lowest BCUT2D eigenvalue weighted by Crippen LogP contribution is -2.49. The molecule has 0 bridgehead atoms. The summed E-state index contributed by atoms with van der Waals surface area (Å²) in [6, 6.07) is 6.66. The van der Waals surface area contributed by atoms with Crippen molar-refractivity contribution in [1.29, 1.82) is 0 Å². The largest absolute Gasteiger partial charge is 0.478 e. The molecule has 1 aromatic carbocycles. The smallest absolute Gasteiger partial charge is 0.337 e. The Kier molecular flexibility index (Phi) is 2.11. The molecule has 0 amide bonds. The Bertz CT molecular complexity index is 361. The van der Waals surface area contributed by atoms with Gasteiger partial charge in [-0.25, -0.2) is 9.18 Å². The standard InChI is InChI=1S/C10H10FNO2/c11-7-5-12(6-7)9-4-2-1-3-8(9)10(13)14/h1-4,7H,5-6H2,(H,13,14). The van der Waals surface area contributed by atoms with Crippen molar-refractivity contribution >= 4 is 11.7 Å². The van der Waals surface area contributed by atoms with Crippen molar-refractivity contribution in [2.45, 2.75) is 6.17 Å². The maximum atomic E-state index is 12.6. The van der Waals surface area contributed by atoms with Crippen LogP contribution in [0.5, 0.6) is 0 Å². The van der Waals surface area contributed by atoms with Crippen LogP contribution in [0.2, 0.25) is 0 Å². The van der Waals surface area contributed by atoms with E-state index in [9.17, 15) is 9.18 Å². The van der Waals surface area contributed by atoms with Crippen LogP contribution in [-0.2, 0) is 0 Å². The number of aromatic carboxylic acids is 1. The molecule has 1 saturated heterocycles. The van der Waals surface area contributed by atoms with Gasteiger partial charge in [-0.2, -0.15) is 0 Å². The molecule has 1 fully saturated rings. The summed E-state index contributed by atoms with van der Waals surface area (Å²) in [4.78, 5) is 12.6. The fourth-order valence-electron chi connectivity index (χ4n) is 1.55. The van der Waals surface area contributed by atoms with Crippen LogP contribution in [0, 0.1) is 0 Å². The van der Waals surface area contributed by atoms with Gasteiger partial charge < -0.3 is 10.0 Å². The Morgan fingerprint density at radius 2 is 2.07 bits per heavy atom. The fourth-order valence-corrected chi connectivity index (χ4v) is 1.55. The summed E-state index contributed by atoms with van der Waals surface area (Å²) in [5, 5.41) is 8.88. The van der Waals surface area contributed by atoms with Gasteiger partial charge in [-0.05, 0) is 12.1 Å². The zero-order valence-corrected chi connectivity index (χ0v) is 7.48. The van der Waals surface area contributed by atoms with E-state index in [2.05, 4.69) is 0 Å². The minimum atomic E-state index is -0.970. The number of hydrogen-bond acceptors (Lipinski definition) is 2. The van der Waals surface area contributed by atoms with Crippen LogP contribution in [0.25, 0.3) is 0 Å². The summed E-state index contributed by atoms with van der Waals surface area (Å²) in [6.07, 6.45) is -0.822. The maximum absolute atomic E-state index is 12.6. The Hall–Kier alpha value is -1.58. The summed E-state index contributed by atoms with van der Waals surface area (Å²) in [5.41, 5.74) is 0.841. The Labute approximate surface area is 80.8 Å². The van der Waals surface area contributed by atoms with E-state index in [1.54, 1.807) is 23.1 Å². The van der Waals surface area contributed by atoms with E-state index >= 15 is 0 Å². The van der Waals surface area contributed by atoms with Gasteiger partial charge in [0, 0.05) is 0 Å². The molecular weight excluding hydrogens is 185 g/mol. The fraction of sp³-hybridized carbons (Fsp3) is 0.300. The molecule has 0 unspecified atom stereocenters. The number of alkyl halides is 1. The molecule has 1 heterocycles. The molecule has 2 rings (SSSR count). The van der Waals surface area contributed by atoms with E-state index in [1.165, 1.54) is 6.07 Å². The van der Waals surface area contributed by atoms with Crippen LogP contribution in [0.3, 0.4) is 0 Å². The minimum absolute atomic E-state index is 0.236. The van der Waals surface area contributed by atoms with Crippen LogP contribution < -0.4 is 4.90 Å². The highest BCUT2D eigenvalue weighted by Gasteiger charge is 2.28. The quantitative estimate of drug-likeness (QED) is 0.778. The predicted molar refractivity (Wildman–Crippen MR) is 50.5 cm³/mol. The van der Waals surface area contributed by atoms with E-state index in [0.29, 0.717) is 18.8 Å². The van der Waals surface area contributed by atoms with Crippen LogP contribution in [0.4, 0.5) is 10.1 Å². The van der Waals surface area contributed by atoms with Crippen molar-refractivity contribution in [3.8, 4) is 0 Å². The average Bonchev–Trinajstić information content (AvgIpc) is 2.13. The summed E-state index contributed by atoms with van der Waals surface area (Å²) >= 11 is 0. The van der Waals surface area contributed by atoms with E-state index in [-0.39, 0.29) is 5.56 Å². The number of halogens is 1. The third-order valence-electron chi connectivity index (χ3n) is 2.31. The lowest BCUT2D eigenvalue weighted by atomic mass is 10.1. The Morgan fingerprint density at radius 1 is 1.43 bits per heavy atom. The van der Waals surface area contributed by atoms with Gasteiger partial charge in [0.05, 0.1) is 24.3 Å². The third kappa shape index (κ3) is 1.43. The van der Waals surface area contributed by atoms with Crippen molar-refractivity contribution in [2.24, 2.45) is 0 Å². The summed E-state index contributed by atoms with van der Waals surface area (Å²) in [6.45, 7) is 0.592. The van der Waals surface area contributed by atoms with Gasteiger partial charge in [-0.1, -0.05) is 12.1 Å². The van der Waals surface area contributed by atoms with Crippen molar-refractivity contribution in [3.05, 3.63) is 29.8 Å². The molecule has 74 valence electrons. The zero-order valence-electron chi connectivity index (χ0n) is 7.48. The molecule has 0 atom stereocenters. The summed E-state index contributed by atoms with van der Waals surface area (Å²) in [5.74, 6) is -0.970. The molecule has 14 heavy (non-hydrogen) atoms. The number of para-hydroxylation sites is 1. The van der Waals surface area contributed by atoms with E-state index < -0.39 is 12.1 Å². The third-order valence-corrected chi connectivity index (χ3v) is 2.31. The first-order valence-corrected chi connectivity index (χ1v) is 4.40. The van der Waals surface area contributed by atoms with Gasteiger partial charge in [0.25, 0.3) is 0 Å². The predicted octanol–water partition coefficient (Wildman–Crippen LogP) is 1.54. The topological polar surface area (TPSA) is 40.5 Å². The molecule has 1 aliphatic rings. The molecule has 1 N–H and O–H groups in total. The first kappa shape index (κ1) is 8.99. The van der Waals surface area contributed by atoms with Gasteiger partial charge in [0.1, 0.15) is 6.17 Å². The number of rotatable bonds is 2. The normalized spacial score (nSPS) is 16.5. The van der Waals surface area contributed by atoms with Crippen molar-refractivity contribution in [3.63, 3.8) is 0 Å². The van der Waals surface area contributed by atoms with Crippen molar-refractivity contribution < 1.29 is 14.3 Å². The Balaban J connectivity index is 2.28. The van der Waals surface area contributed by atoms with Crippen LogP contribution in [-0.4, -0.2) is 30.3 Å². The number of carbonyl (C=O) groups is 1. The van der Waals surface area contributed by atoms with E-state index in [1.807, 2.05) is 0 Å². The monoisotopic (exact) mass is 195 g/mol. The molecule has 0 aromatic heterocycles. The minimum Gasteiger partial charge on any atom is -0.478 e. The summed E-state index contributed by atoms with van der Waals surface area (Å²) in [7, 11) is 0. The number of nitrogens with zero attached hydrogens (tertiary/aromatic N) is 1. The average molecular weight is 195 g/mol. The second-order valence-corrected chi connectivity index (χ2v) is 3.32. The zero-order chi connectivity index (χ0) is 10.1. The Morgan fingerprint density at radius 3 is 2.64 bits per heavy atom. The second kappa shape index (κ2) is 3.29. The molecule has 0 spiro atoms. The first-order valence-electron chi connectivity index (χ1n) is 4.40. The highest BCUT2D eigenvalue weighted by Crippen LogP contribution is 2.26. The number of hydrogen-bond donors (Lipinski definition) is 1. The number of carboxylic acid groups (broad SMARTS) is 1. The van der Waals surface area contributed by atoms with Crippen LogP contribution in [0.1, 0.15) is 10.4 Å². The molecule has 1 aromatic rings. The lowest BCUT2D eigenvalue weighted by Gasteiger charge is -2.37. The highest BCUT2D eigenvalue weighted by atomic mass is 19.1. The maximum Gasteiger partial charge on any atom is 0.337 e. The van der Waals surface area contributed by atoms with Crippen LogP contribution in [0.15, 0.2) is 24.3 Å². The molecule has 3 nitrogen and oxygen atoms in total. The molecular formula is C10H10FNO2. The van der Waals surface area contributed by atoms with Crippen LogP contribution >= 0.6 is 0 Å². The van der Waals surface area contributed by atoms with Gasteiger partial charge in [-0.15, -0.1) is 0 Å². The number of anilines is 1. The van der Waals surface area contributed by atoms with Gasteiger partial charge in [0.15, 0.2) is 0 Å². The molecule has 0 saturated carbocycles. The van der Waals surface area contributed by atoms with Gasteiger partial charge >= 0.3 is 5.97 Å². The highest BCUT2D eigenvalue weighted by molar-refractivity contribution is 5.94. The summed E-state index contributed by atoms with van der Waals surface area (Å²) < 4.78 is 12.6. The number of carboxylic acids is 1.